The molecule has 0 fully saturated rings. The normalized spacial score (nSPS) is 11.0. The summed E-state index contributed by atoms with van der Waals surface area (Å²) in [7, 11) is 1.91. The lowest BCUT2D eigenvalue weighted by Crippen LogP contribution is -2.00. The van der Waals surface area contributed by atoms with Gasteiger partial charge in [-0.25, -0.2) is 0 Å². The zero-order valence-electron chi connectivity index (χ0n) is 12.3. The fourth-order valence-electron chi connectivity index (χ4n) is 2.14. The van der Waals surface area contributed by atoms with Crippen molar-refractivity contribution in [2.24, 2.45) is 7.05 Å². The first kappa shape index (κ1) is 14.0. The second-order valence-corrected chi connectivity index (χ2v) is 4.92. The smallest absolute Gasteiger partial charge is 0.165 e. The first-order chi connectivity index (χ1) is 10.8. The van der Waals surface area contributed by atoms with Gasteiger partial charge in [0.05, 0.1) is 5.69 Å². The van der Waals surface area contributed by atoms with Crippen LogP contribution in [-0.2, 0) is 7.05 Å². The molecule has 0 saturated carbocycles. The summed E-state index contributed by atoms with van der Waals surface area (Å²) in [4.78, 5) is 4.25. The van der Waals surface area contributed by atoms with Gasteiger partial charge in [-0.05, 0) is 11.6 Å². The van der Waals surface area contributed by atoms with Crippen LogP contribution >= 0.6 is 0 Å². The minimum Gasteiger partial charge on any atom is -0.380 e. The third-order valence-corrected chi connectivity index (χ3v) is 3.24. The molecule has 0 aliphatic rings. The van der Waals surface area contributed by atoms with Gasteiger partial charge in [0.15, 0.2) is 5.82 Å². The van der Waals surface area contributed by atoms with Crippen molar-refractivity contribution in [2.45, 2.75) is 0 Å². The Kier molecular flexibility index (Phi) is 4.25. The molecule has 0 aliphatic heterocycles. The van der Waals surface area contributed by atoms with Crippen molar-refractivity contribution in [3.05, 3.63) is 66.8 Å². The Morgan fingerprint density at radius 3 is 2.82 bits per heavy atom. The Hall–Kier alpha value is -2.95. The van der Waals surface area contributed by atoms with E-state index in [1.807, 2.05) is 35.9 Å². The van der Waals surface area contributed by atoms with Crippen molar-refractivity contribution in [2.75, 3.05) is 11.9 Å². The molecule has 0 radical (unpaired) electrons. The van der Waals surface area contributed by atoms with Gasteiger partial charge in [0.2, 0.25) is 0 Å². The van der Waals surface area contributed by atoms with Crippen LogP contribution in [0.25, 0.3) is 17.5 Å². The first-order valence-corrected chi connectivity index (χ1v) is 7.08. The molecule has 110 valence electrons. The van der Waals surface area contributed by atoms with Gasteiger partial charge in [-0.15, -0.1) is 10.2 Å². The van der Waals surface area contributed by atoms with Crippen LogP contribution in [0.4, 0.5) is 5.69 Å². The van der Waals surface area contributed by atoms with Gasteiger partial charge < -0.3 is 9.88 Å². The van der Waals surface area contributed by atoms with E-state index in [4.69, 9.17) is 0 Å². The van der Waals surface area contributed by atoms with Crippen LogP contribution in [0, 0.1) is 0 Å². The Morgan fingerprint density at radius 1 is 1.18 bits per heavy atom. The Morgan fingerprint density at radius 2 is 2.05 bits per heavy atom. The maximum absolute atomic E-state index is 4.25. The predicted octanol–water partition coefficient (Wildman–Crippen LogP) is 3.00. The van der Waals surface area contributed by atoms with E-state index in [2.05, 4.69) is 44.8 Å². The molecule has 0 spiro atoms. The summed E-state index contributed by atoms with van der Waals surface area (Å²) in [5.74, 6) is 0.802. The third kappa shape index (κ3) is 3.38. The molecular formula is C17H17N5. The molecule has 2 aromatic heterocycles. The lowest BCUT2D eigenvalue weighted by Gasteiger charge is -2.05. The average Bonchev–Trinajstić information content (AvgIpc) is 2.99. The molecule has 3 rings (SSSR count). The number of aryl methyl sites for hydroxylation is 1. The van der Waals surface area contributed by atoms with E-state index < -0.39 is 0 Å². The Labute approximate surface area is 129 Å². The highest BCUT2D eigenvalue weighted by Gasteiger charge is 2.05. The van der Waals surface area contributed by atoms with E-state index in [1.54, 1.807) is 18.7 Å². The molecule has 1 N–H and O–H groups in total. The third-order valence-electron chi connectivity index (χ3n) is 3.24. The molecule has 0 aliphatic carbocycles. The van der Waals surface area contributed by atoms with Crippen LogP contribution in [0.5, 0.6) is 0 Å². The fourth-order valence-corrected chi connectivity index (χ4v) is 2.14. The molecule has 0 bridgehead atoms. The van der Waals surface area contributed by atoms with E-state index in [1.165, 1.54) is 5.56 Å². The standard InChI is InChI=1S/C17H17N5/c1-22-13-20-21-17(22)15-10-16(12-18-11-15)19-9-5-8-14-6-3-2-4-7-14/h2-8,10-13,19H,9H2,1H3. The fraction of sp³-hybridized carbons (Fsp3) is 0.118. The van der Waals surface area contributed by atoms with Gasteiger partial charge in [-0.3, -0.25) is 4.98 Å². The molecule has 0 unspecified atom stereocenters. The number of nitrogens with zero attached hydrogens (tertiary/aromatic N) is 4. The first-order valence-electron chi connectivity index (χ1n) is 7.08. The summed E-state index contributed by atoms with van der Waals surface area (Å²) in [5.41, 5.74) is 3.09. The van der Waals surface area contributed by atoms with Crippen LogP contribution < -0.4 is 5.32 Å². The summed E-state index contributed by atoms with van der Waals surface area (Å²) in [6.07, 6.45) is 9.44. The van der Waals surface area contributed by atoms with Gasteiger partial charge in [0.25, 0.3) is 0 Å². The molecular weight excluding hydrogens is 274 g/mol. The van der Waals surface area contributed by atoms with Gasteiger partial charge in [0, 0.05) is 31.5 Å². The molecule has 2 heterocycles. The lowest BCUT2D eigenvalue weighted by atomic mass is 10.2. The highest BCUT2D eigenvalue weighted by Crippen LogP contribution is 2.18. The van der Waals surface area contributed by atoms with Crippen molar-refractivity contribution in [1.29, 1.82) is 0 Å². The Bertz CT molecular complexity index is 761. The van der Waals surface area contributed by atoms with Crippen LogP contribution in [-0.4, -0.2) is 26.3 Å². The summed E-state index contributed by atoms with van der Waals surface area (Å²) in [5, 5.41) is 11.3. The van der Waals surface area contributed by atoms with E-state index >= 15 is 0 Å². The molecule has 22 heavy (non-hydrogen) atoms. The molecule has 0 atom stereocenters. The van der Waals surface area contributed by atoms with Gasteiger partial charge >= 0.3 is 0 Å². The zero-order chi connectivity index (χ0) is 15.2. The topological polar surface area (TPSA) is 55.6 Å². The highest BCUT2D eigenvalue weighted by molar-refractivity contribution is 5.60. The second kappa shape index (κ2) is 6.67. The number of aromatic nitrogens is 4. The van der Waals surface area contributed by atoms with Crippen LogP contribution in [0.2, 0.25) is 0 Å². The van der Waals surface area contributed by atoms with E-state index in [9.17, 15) is 0 Å². The van der Waals surface area contributed by atoms with Crippen molar-refractivity contribution in [3.63, 3.8) is 0 Å². The van der Waals surface area contributed by atoms with E-state index in [-0.39, 0.29) is 0 Å². The Balaban J connectivity index is 1.64. The summed E-state index contributed by atoms with van der Waals surface area (Å²) >= 11 is 0. The highest BCUT2D eigenvalue weighted by atomic mass is 15.2. The summed E-state index contributed by atoms with van der Waals surface area (Å²) in [6.45, 7) is 0.735. The SMILES string of the molecule is Cn1cnnc1-c1cncc(NCC=Cc2ccccc2)c1. The number of hydrogen-bond donors (Lipinski definition) is 1. The van der Waals surface area contributed by atoms with Crippen molar-refractivity contribution >= 4 is 11.8 Å². The van der Waals surface area contributed by atoms with E-state index in [0.29, 0.717) is 0 Å². The molecule has 1 aromatic carbocycles. The molecule has 3 aromatic rings. The number of hydrogen-bond acceptors (Lipinski definition) is 4. The number of benzene rings is 1. The zero-order valence-corrected chi connectivity index (χ0v) is 12.3. The van der Waals surface area contributed by atoms with Crippen LogP contribution in [0.3, 0.4) is 0 Å². The van der Waals surface area contributed by atoms with Crippen molar-refractivity contribution in [3.8, 4) is 11.4 Å². The van der Waals surface area contributed by atoms with Crippen LogP contribution in [0.1, 0.15) is 5.56 Å². The monoisotopic (exact) mass is 291 g/mol. The number of rotatable bonds is 5. The van der Waals surface area contributed by atoms with Crippen molar-refractivity contribution < 1.29 is 0 Å². The lowest BCUT2D eigenvalue weighted by molar-refractivity contribution is 0.918. The van der Waals surface area contributed by atoms with E-state index in [0.717, 1.165) is 23.6 Å². The largest absolute Gasteiger partial charge is 0.380 e. The summed E-state index contributed by atoms with van der Waals surface area (Å²) < 4.78 is 1.87. The number of pyridine rings is 1. The van der Waals surface area contributed by atoms with Gasteiger partial charge in [-0.2, -0.15) is 0 Å². The van der Waals surface area contributed by atoms with Crippen LogP contribution in [0.15, 0.2) is 61.2 Å². The minimum atomic E-state index is 0.735. The summed E-state index contributed by atoms with van der Waals surface area (Å²) in [6, 6.07) is 12.2. The number of nitrogens with one attached hydrogen (secondary N) is 1. The van der Waals surface area contributed by atoms with Gasteiger partial charge in [-0.1, -0.05) is 42.5 Å². The van der Waals surface area contributed by atoms with Gasteiger partial charge in [0.1, 0.15) is 6.33 Å². The molecule has 5 heteroatoms. The number of anilines is 1. The predicted molar refractivity (Wildman–Crippen MR) is 88.2 cm³/mol. The quantitative estimate of drug-likeness (QED) is 0.785. The molecule has 0 saturated heterocycles. The average molecular weight is 291 g/mol. The molecule has 0 amide bonds. The molecule has 5 nitrogen and oxygen atoms in total. The minimum absolute atomic E-state index is 0.735. The second-order valence-electron chi connectivity index (χ2n) is 4.92. The maximum Gasteiger partial charge on any atom is 0.165 e. The van der Waals surface area contributed by atoms with Crippen molar-refractivity contribution in [1.82, 2.24) is 19.7 Å². The maximum atomic E-state index is 4.25.